The van der Waals surface area contributed by atoms with Crippen LogP contribution in [0.25, 0.3) is 0 Å². The lowest BCUT2D eigenvalue weighted by atomic mass is 10.5. The Morgan fingerprint density at radius 1 is 1.70 bits per heavy atom. The smallest absolute Gasteiger partial charge is 0.133 e. The number of nitriles is 1. The summed E-state index contributed by atoms with van der Waals surface area (Å²) in [5.41, 5.74) is 0. The minimum atomic E-state index is 0.798. The van der Waals surface area contributed by atoms with Crippen LogP contribution < -0.4 is 0 Å². The predicted molar refractivity (Wildman–Crippen MR) is 48.9 cm³/mol. The first-order chi connectivity index (χ1) is 4.83. The number of rotatable bonds is 2. The Labute approximate surface area is 76.2 Å². The third-order valence-corrected chi connectivity index (χ3v) is 3.30. The topological polar surface area (TPSA) is 23.8 Å². The van der Waals surface area contributed by atoms with Crippen LogP contribution in [0.3, 0.4) is 0 Å². The molecule has 0 unspecified atom stereocenters. The highest BCUT2D eigenvalue weighted by Crippen LogP contribution is 2.24. The molecule has 0 fully saturated rings. The Bertz CT molecular complexity index is 250. The molecule has 0 saturated heterocycles. The van der Waals surface area contributed by atoms with Gasteiger partial charge in [0.2, 0.25) is 0 Å². The molecule has 0 amide bonds. The van der Waals surface area contributed by atoms with E-state index in [2.05, 4.69) is 15.9 Å². The zero-order chi connectivity index (χ0) is 7.40. The van der Waals surface area contributed by atoms with E-state index in [0.717, 1.165) is 9.54 Å². The van der Waals surface area contributed by atoms with E-state index in [1.54, 1.807) is 11.3 Å². The van der Waals surface area contributed by atoms with Crippen molar-refractivity contribution in [2.45, 2.75) is 5.75 Å². The van der Waals surface area contributed by atoms with Gasteiger partial charge in [-0.05, 0) is 39.8 Å². The number of nitrogens with zero attached hydrogens (tertiary/aromatic N) is 1. The SMILES string of the molecule is N#CSCc1ccc(Br)s1. The molecule has 4 heteroatoms. The number of thioether (sulfide) groups is 1. The van der Waals surface area contributed by atoms with E-state index in [-0.39, 0.29) is 0 Å². The van der Waals surface area contributed by atoms with Crippen LogP contribution in [-0.2, 0) is 5.75 Å². The summed E-state index contributed by atoms with van der Waals surface area (Å²) in [5, 5.41) is 10.3. The maximum absolute atomic E-state index is 8.24. The van der Waals surface area contributed by atoms with E-state index < -0.39 is 0 Å². The average molecular weight is 234 g/mol. The highest BCUT2D eigenvalue weighted by Gasteiger charge is 1.95. The maximum Gasteiger partial charge on any atom is 0.133 e. The molecular formula is C6H4BrNS2. The molecule has 0 aliphatic heterocycles. The normalized spacial score (nSPS) is 9.20. The van der Waals surface area contributed by atoms with Crippen LogP contribution in [0.15, 0.2) is 15.9 Å². The average Bonchev–Trinajstić information content (AvgIpc) is 2.31. The lowest BCUT2D eigenvalue weighted by Crippen LogP contribution is -1.65. The summed E-state index contributed by atoms with van der Waals surface area (Å²) in [6, 6.07) is 4.02. The van der Waals surface area contributed by atoms with Crippen molar-refractivity contribution in [2.24, 2.45) is 0 Å². The van der Waals surface area contributed by atoms with Gasteiger partial charge in [-0.25, -0.2) is 0 Å². The van der Waals surface area contributed by atoms with Gasteiger partial charge >= 0.3 is 0 Å². The van der Waals surface area contributed by atoms with E-state index in [1.807, 2.05) is 17.5 Å². The van der Waals surface area contributed by atoms with Gasteiger partial charge in [0.1, 0.15) is 5.40 Å². The number of hydrogen-bond acceptors (Lipinski definition) is 3. The summed E-state index contributed by atoms with van der Waals surface area (Å²) in [7, 11) is 0. The largest absolute Gasteiger partial charge is 0.185 e. The molecule has 0 bridgehead atoms. The van der Waals surface area contributed by atoms with Crippen LogP contribution in [0.4, 0.5) is 0 Å². The second-order valence-corrected chi connectivity index (χ2v) is 4.89. The molecule has 0 aliphatic rings. The molecule has 10 heavy (non-hydrogen) atoms. The Balaban J connectivity index is 2.52. The van der Waals surface area contributed by atoms with Crippen molar-refractivity contribution >= 4 is 39.0 Å². The van der Waals surface area contributed by atoms with Crippen LogP contribution in [-0.4, -0.2) is 0 Å². The van der Waals surface area contributed by atoms with Gasteiger partial charge in [0.05, 0.1) is 3.79 Å². The highest BCUT2D eigenvalue weighted by molar-refractivity contribution is 9.11. The number of thiocyanates is 1. The first-order valence-electron chi connectivity index (χ1n) is 2.58. The highest BCUT2D eigenvalue weighted by atomic mass is 79.9. The third-order valence-electron chi connectivity index (χ3n) is 0.908. The zero-order valence-electron chi connectivity index (χ0n) is 5.00. The molecule has 1 nitrogen and oxygen atoms in total. The second-order valence-electron chi connectivity index (χ2n) is 1.59. The third kappa shape index (κ3) is 2.33. The Morgan fingerprint density at radius 2 is 2.50 bits per heavy atom. The Morgan fingerprint density at radius 3 is 3.00 bits per heavy atom. The van der Waals surface area contributed by atoms with Crippen molar-refractivity contribution in [2.75, 3.05) is 0 Å². The summed E-state index contributed by atoms with van der Waals surface area (Å²) >= 11 is 6.29. The Kier molecular flexibility index (Phi) is 3.26. The van der Waals surface area contributed by atoms with Crippen molar-refractivity contribution < 1.29 is 0 Å². The molecule has 0 aromatic carbocycles. The maximum atomic E-state index is 8.24. The van der Waals surface area contributed by atoms with Crippen LogP contribution in [0.1, 0.15) is 4.88 Å². The van der Waals surface area contributed by atoms with Gasteiger partial charge in [0.25, 0.3) is 0 Å². The summed E-state index contributed by atoms with van der Waals surface area (Å²) in [6.45, 7) is 0. The van der Waals surface area contributed by atoms with Crippen molar-refractivity contribution in [3.05, 3.63) is 20.8 Å². The fraction of sp³-hybridized carbons (Fsp3) is 0.167. The van der Waals surface area contributed by atoms with Gasteiger partial charge in [0.15, 0.2) is 0 Å². The van der Waals surface area contributed by atoms with E-state index in [0.29, 0.717) is 0 Å². The quantitative estimate of drug-likeness (QED) is 0.733. The van der Waals surface area contributed by atoms with E-state index in [1.165, 1.54) is 16.6 Å². The molecule has 52 valence electrons. The first kappa shape index (κ1) is 8.12. The van der Waals surface area contributed by atoms with E-state index >= 15 is 0 Å². The standard InChI is InChI=1S/C6H4BrNS2/c7-6-2-1-5(10-6)3-9-4-8/h1-2H,3H2. The fourth-order valence-electron chi connectivity index (χ4n) is 0.533. The van der Waals surface area contributed by atoms with Gasteiger partial charge in [0, 0.05) is 10.6 Å². The predicted octanol–water partition coefficient (Wildman–Crippen LogP) is 3.22. The van der Waals surface area contributed by atoms with Gasteiger partial charge in [-0.15, -0.1) is 11.3 Å². The van der Waals surface area contributed by atoms with Crippen molar-refractivity contribution in [3.63, 3.8) is 0 Å². The molecule has 0 saturated carbocycles. The summed E-state index contributed by atoms with van der Waals surface area (Å²) < 4.78 is 1.13. The van der Waals surface area contributed by atoms with Crippen LogP contribution in [0.2, 0.25) is 0 Å². The molecule has 0 radical (unpaired) electrons. The zero-order valence-corrected chi connectivity index (χ0v) is 8.22. The number of halogens is 1. The fourth-order valence-corrected chi connectivity index (χ4v) is 2.53. The van der Waals surface area contributed by atoms with Gasteiger partial charge in [-0.3, -0.25) is 0 Å². The molecule has 1 aromatic heterocycles. The lowest BCUT2D eigenvalue weighted by molar-refractivity contribution is 1.53. The van der Waals surface area contributed by atoms with Gasteiger partial charge in [-0.1, -0.05) is 0 Å². The van der Waals surface area contributed by atoms with Gasteiger partial charge in [-0.2, -0.15) is 5.26 Å². The molecule has 1 heterocycles. The van der Waals surface area contributed by atoms with Crippen LogP contribution in [0, 0.1) is 10.7 Å². The molecule has 0 atom stereocenters. The second kappa shape index (κ2) is 4.02. The van der Waals surface area contributed by atoms with E-state index in [4.69, 9.17) is 5.26 Å². The number of thiophene rings is 1. The molecular weight excluding hydrogens is 230 g/mol. The minimum Gasteiger partial charge on any atom is -0.185 e. The summed E-state index contributed by atoms with van der Waals surface area (Å²) in [5.74, 6) is 0.798. The molecule has 0 N–H and O–H groups in total. The molecule has 1 rings (SSSR count). The van der Waals surface area contributed by atoms with Crippen molar-refractivity contribution in [1.82, 2.24) is 0 Å². The molecule has 0 aliphatic carbocycles. The monoisotopic (exact) mass is 233 g/mol. The minimum absolute atomic E-state index is 0.798. The van der Waals surface area contributed by atoms with Crippen LogP contribution >= 0.6 is 39.0 Å². The number of hydrogen-bond donors (Lipinski definition) is 0. The van der Waals surface area contributed by atoms with Crippen molar-refractivity contribution in [3.8, 4) is 5.40 Å². The van der Waals surface area contributed by atoms with Crippen molar-refractivity contribution in [1.29, 1.82) is 5.26 Å². The Hall–Kier alpha value is 0.0200. The summed E-state index contributed by atoms with van der Waals surface area (Å²) in [4.78, 5) is 1.23. The van der Waals surface area contributed by atoms with Crippen LogP contribution in [0.5, 0.6) is 0 Å². The van der Waals surface area contributed by atoms with E-state index in [9.17, 15) is 0 Å². The lowest BCUT2D eigenvalue weighted by Gasteiger charge is -1.84. The summed E-state index contributed by atoms with van der Waals surface area (Å²) in [6.07, 6.45) is 0. The molecule has 0 spiro atoms. The first-order valence-corrected chi connectivity index (χ1v) is 5.17. The molecule has 1 aromatic rings. The van der Waals surface area contributed by atoms with Gasteiger partial charge < -0.3 is 0 Å².